The second kappa shape index (κ2) is 8.04. The summed E-state index contributed by atoms with van der Waals surface area (Å²) in [6.45, 7) is 3.87. The predicted molar refractivity (Wildman–Crippen MR) is 68.5 cm³/mol. The SMILES string of the molecule is CCCC(COC)NC1CCCCC1CN. The average Bonchev–Trinajstić information content (AvgIpc) is 2.30. The third kappa shape index (κ3) is 4.40. The molecule has 0 aliphatic heterocycles. The zero-order valence-electron chi connectivity index (χ0n) is 10.9. The van der Waals surface area contributed by atoms with Crippen LogP contribution in [0, 0.1) is 5.92 Å². The van der Waals surface area contributed by atoms with Crippen LogP contribution in [0.4, 0.5) is 0 Å². The van der Waals surface area contributed by atoms with Crippen molar-refractivity contribution in [2.75, 3.05) is 20.3 Å². The molecule has 16 heavy (non-hydrogen) atoms. The Kier molecular flexibility index (Phi) is 7.01. The molecular formula is C13H28N2O. The van der Waals surface area contributed by atoms with Crippen LogP contribution in [-0.4, -0.2) is 32.3 Å². The fourth-order valence-corrected chi connectivity index (χ4v) is 2.78. The Balaban J connectivity index is 2.40. The van der Waals surface area contributed by atoms with Crippen LogP contribution in [0.15, 0.2) is 0 Å². The lowest BCUT2D eigenvalue weighted by Crippen LogP contribution is -2.48. The van der Waals surface area contributed by atoms with Gasteiger partial charge in [-0.25, -0.2) is 0 Å². The first-order chi connectivity index (χ1) is 7.81. The number of nitrogens with one attached hydrogen (secondary N) is 1. The quantitative estimate of drug-likeness (QED) is 0.700. The maximum absolute atomic E-state index is 5.85. The summed E-state index contributed by atoms with van der Waals surface area (Å²) in [6.07, 6.45) is 7.68. The summed E-state index contributed by atoms with van der Waals surface area (Å²) < 4.78 is 5.27. The van der Waals surface area contributed by atoms with Crippen molar-refractivity contribution in [1.29, 1.82) is 0 Å². The largest absolute Gasteiger partial charge is 0.383 e. The summed E-state index contributed by atoms with van der Waals surface area (Å²) in [5.74, 6) is 0.671. The van der Waals surface area contributed by atoms with Gasteiger partial charge in [0, 0.05) is 19.2 Å². The van der Waals surface area contributed by atoms with E-state index in [1.807, 2.05) is 0 Å². The van der Waals surface area contributed by atoms with Gasteiger partial charge in [0.25, 0.3) is 0 Å². The fourth-order valence-electron chi connectivity index (χ4n) is 2.78. The zero-order chi connectivity index (χ0) is 11.8. The molecule has 0 aromatic carbocycles. The average molecular weight is 228 g/mol. The first-order valence-corrected chi connectivity index (χ1v) is 6.76. The molecule has 0 aromatic heterocycles. The first kappa shape index (κ1) is 13.9. The van der Waals surface area contributed by atoms with E-state index in [9.17, 15) is 0 Å². The van der Waals surface area contributed by atoms with E-state index in [1.165, 1.54) is 38.5 Å². The van der Waals surface area contributed by atoms with Crippen LogP contribution in [-0.2, 0) is 4.74 Å². The topological polar surface area (TPSA) is 47.3 Å². The van der Waals surface area contributed by atoms with Gasteiger partial charge in [-0.1, -0.05) is 26.2 Å². The zero-order valence-corrected chi connectivity index (χ0v) is 10.9. The molecule has 0 aromatic rings. The van der Waals surface area contributed by atoms with Gasteiger partial charge in [-0.05, 0) is 31.7 Å². The van der Waals surface area contributed by atoms with Crippen LogP contribution in [0.5, 0.6) is 0 Å². The summed E-state index contributed by atoms with van der Waals surface area (Å²) in [6, 6.07) is 1.12. The maximum atomic E-state index is 5.85. The normalized spacial score (nSPS) is 27.9. The highest BCUT2D eigenvalue weighted by Crippen LogP contribution is 2.24. The van der Waals surface area contributed by atoms with Crippen LogP contribution in [0.1, 0.15) is 45.4 Å². The molecule has 0 amide bonds. The molecule has 0 radical (unpaired) electrons. The Bertz CT molecular complexity index is 169. The van der Waals surface area contributed by atoms with Crippen LogP contribution >= 0.6 is 0 Å². The van der Waals surface area contributed by atoms with Gasteiger partial charge in [-0.2, -0.15) is 0 Å². The van der Waals surface area contributed by atoms with Crippen molar-refractivity contribution >= 4 is 0 Å². The van der Waals surface area contributed by atoms with E-state index in [0.717, 1.165) is 13.2 Å². The highest BCUT2D eigenvalue weighted by Gasteiger charge is 2.25. The van der Waals surface area contributed by atoms with Crippen LogP contribution in [0.2, 0.25) is 0 Å². The Morgan fingerprint density at radius 3 is 2.75 bits per heavy atom. The molecule has 96 valence electrons. The summed E-state index contributed by atoms with van der Waals surface area (Å²) in [5.41, 5.74) is 5.85. The molecule has 1 fully saturated rings. The standard InChI is InChI=1S/C13H28N2O/c1-3-6-12(10-16-2)15-13-8-5-4-7-11(13)9-14/h11-13,15H,3-10,14H2,1-2H3. The number of ether oxygens (including phenoxy) is 1. The molecule has 3 nitrogen and oxygen atoms in total. The first-order valence-electron chi connectivity index (χ1n) is 6.76. The number of hydrogen-bond acceptors (Lipinski definition) is 3. The molecule has 1 aliphatic carbocycles. The van der Waals surface area contributed by atoms with Crippen molar-refractivity contribution in [2.24, 2.45) is 11.7 Å². The molecule has 1 aliphatic rings. The second-order valence-corrected chi connectivity index (χ2v) is 4.99. The Hall–Kier alpha value is -0.120. The van der Waals surface area contributed by atoms with Gasteiger partial charge in [0.15, 0.2) is 0 Å². The van der Waals surface area contributed by atoms with Crippen molar-refractivity contribution < 1.29 is 4.74 Å². The Labute approximate surface area is 100 Å². The molecule has 0 bridgehead atoms. The van der Waals surface area contributed by atoms with Gasteiger partial charge in [0.1, 0.15) is 0 Å². The third-order valence-corrected chi connectivity index (χ3v) is 3.67. The molecule has 1 saturated carbocycles. The molecule has 0 spiro atoms. The van der Waals surface area contributed by atoms with Crippen LogP contribution < -0.4 is 11.1 Å². The fraction of sp³-hybridized carbons (Fsp3) is 1.00. The monoisotopic (exact) mass is 228 g/mol. The van der Waals surface area contributed by atoms with Crippen molar-refractivity contribution in [1.82, 2.24) is 5.32 Å². The molecule has 1 rings (SSSR count). The molecular weight excluding hydrogens is 200 g/mol. The summed E-state index contributed by atoms with van der Waals surface area (Å²) in [4.78, 5) is 0. The highest BCUT2D eigenvalue weighted by atomic mass is 16.5. The van der Waals surface area contributed by atoms with Gasteiger partial charge >= 0.3 is 0 Å². The van der Waals surface area contributed by atoms with E-state index in [1.54, 1.807) is 7.11 Å². The minimum atomic E-state index is 0.507. The summed E-state index contributed by atoms with van der Waals surface area (Å²) in [5, 5.41) is 3.75. The number of rotatable bonds is 7. The Morgan fingerprint density at radius 2 is 2.12 bits per heavy atom. The molecule has 3 unspecified atom stereocenters. The minimum absolute atomic E-state index is 0.507. The van der Waals surface area contributed by atoms with E-state index >= 15 is 0 Å². The predicted octanol–water partition coefficient (Wildman–Crippen LogP) is 1.91. The van der Waals surface area contributed by atoms with E-state index < -0.39 is 0 Å². The van der Waals surface area contributed by atoms with Crippen LogP contribution in [0.3, 0.4) is 0 Å². The number of methoxy groups -OCH3 is 1. The molecule has 0 heterocycles. The van der Waals surface area contributed by atoms with Gasteiger partial charge in [-0.3, -0.25) is 0 Å². The van der Waals surface area contributed by atoms with Gasteiger partial charge in [-0.15, -0.1) is 0 Å². The number of hydrogen-bond donors (Lipinski definition) is 2. The van der Waals surface area contributed by atoms with Gasteiger partial charge in [0.05, 0.1) is 6.61 Å². The van der Waals surface area contributed by atoms with Crippen LogP contribution in [0.25, 0.3) is 0 Å². The third-order valence-electron chi connectivity index (χ3n) is 3.67. The van der Waals surface area contributed by atoms with Gasteiger partial charge in [0.2, 0.25) is 0 Å². The van der Waals surface area contributed by atoms with E-state index in [0.29, 0.717) is 18.0 Å². The maximum Gasteiger partial charge on any atom is 0.0615 e. The lowest BCUT2D eigenvalue weighted by molar-refractivity contribution is 0.140. The van der Waals surface area contributed by atoms with Crippen molar-refractivity contribution in [3.63, 3.8) is 0 Å². The molecule has 3 N–H and O–H groups in total. The second-order valence-electron chi connectivity index (χ2n) is 4.99. The van der Waals surface area contributed by atoms with Crippen molar-refractivity contribution in [3.05, 3.63) is 0 Å². The smallest absolute Gasteiger partial charge is 0.0615 e. The van der Waals surface area contributed by atoms with Crippen molar-refractivity contribution in [2.45, 2.75) is 57.5 Å². The van der Waals surface area contributed by atoms with E-state index in [4.69, 9.17) is 10.5 Å². The van der Waals surface area contributed by atoms with Crippen molar-refractivity contribution in [3.8, 4) is 0 Å². The Morgan fingerprint density at radius 1 is 1.38 bits per heavy atom. The molecule has 3 atom stereocenters. The lowest BCUT2D eigenvalue weighted by Gasteiger charge is -2.34. The summed E-state index contributed by atoms with van der Waals surface area (Å²) in [7, 11) is 1.78. The summed E-state index contributed by atoms with van der Waals surface area (Å²) >= 11 is 0. The molecule has 0 saturated heterocycles. The van der Waals surface area contributed by atoms with E-state index in [2.05, 4.69) is 12.2 Å². The van der Waals surface area contributed by atoms with Gasteiger partial charge < -0.3 is 15.8 Å². The minimum Gasteiger partial charge on any atom is -0.383 e. The molecule has 3 heteroatoms. The van der Waals surface area contributed by atoms with E-state index in [-0.39, 0.29) is 0 Å². The lowest BCUT2D eigenvalue weighted by atomic mass is 9.84. The highest BCUT2D eigenvalue weighted by molar-refractivity contribution is 4.84. The number of nitrogens with two attached hydrogens (primary N) is 1.